The fraction of sp³-hybridized carbons (Fsp3) is 0.625. The summed E-state index contributed by atoms with van der Waals surface area (Å²) in [5, 5.41) is 3.75. The van der Waals surface area contributed by atoms with E-state index in [0.29, 0.717) is 0 Å². The topological polar surface area (TPSA) is 15.3 Å². The van der Waals surface area contributed by atoms with Gasteiger partial charge in [0.25, 0.3) is 0 Å². The van der Waals surface area contributed by atoms with E-state index in [4.69, 9.17) is 0 Å². The Morgan fingerprint density at radius 3 is 2.84 bits per heavy atom. The Balaban J connectivity index is 2.03. The molecule has 1 N–H and O–H groups in total. The molecule has 1 heterocycles. The first-order chi connectivity index (χ1) is 9.24. The van der Waals surface area contributed by atoms with Gasteiger partial charge in [0.2, 0.25) is 0 Å². The average Bonchev–Trinajstić information content (AvgIpc) is 2.63. The summed E-state index contributed by atoms with van der Waals surface area (Å²) in [5.41, 5.74) is 1.50. The lowest BCUT2D eigenvalue weighted by molar-refractivity contribution is 0.221. The molecule has 0 saturated carbocycles. The monoisotopic (exact) mass is 278 g/mol. The quantitative estimate of drug-likeness (QED) is 0.834. The van der Waals surface area contributed by atoms with Crippen LogP contribution in [0.25, 0.3) is 0 Å². The third kappa shape index (κ3) is 4.23. The SMILES string of the molecule is CSCCCN1CCCNC(C)(c2ccccc2)C1. The Labute approximate surface area is 122 Å². The molecule has 1 saturated heterocycles. The maximum Gasteiger partial charge on any atom is 0.0534 e. The van der Waals surface area contributed by atoms with Gasteiger partial charge in [-0.1, -0.05) is 30.3 Å². The maximum absolute atomic E-state index is 3.75. The van der Waals surface area contributed by atoms with Crippen LogP contribution < -0.4 is 5.32 Å². The van der Waals surface area contributed by atoms with Gasteiger partial charge in [-0.25, -0.2) is 0 Å². The van der Waals surface area contributed by atoms with Gasteiger partial charge in [-0.2, -0.15) is 11.8 Å². The molecular formula is C16H26N2S. The number of hydrogen-bond donors (Lipinski definition) is 1. The van der Waals surface area contributed by atoms with Gasteiger partial charge < -0.3 is 10.2 Å². The van der Waals surface area contributed by atoms with Crippen LogP contribution in [0.4, 0.5) is 0 Å². The summed E-state index contributed by atoms with van der Waals surface area (Å²) in [7, 11) is 0. The number of benzene rings is 1. The molecule has 0 bridgehead atoms. The van der Waals surface area contributed by atoms with Gasteiger partial charge in [-0.05, 0) is 57.0 Å². The number of thioether (sulfide) groups is 1. The second-order valence-electron chi connectivity index (χ2n) is 5.60. The molecule has 2 nitrogen and oxygen atoms in total. The van der Waals surface area contributed by atoms with E-state index < -0.39 is 0 Å². The summed E-state index contributed by atoms with van der Waals surface area (Å²) in [6.07, 6.45) is 4.74. The van der Waals surface area contributed by atoms with Gasteiger partial charge >= 0.3 is 0 Å². The maximum atomic E-state index is 3.75. The van der Waals surface area contributed by atoms with Crippen molar-refractivity contribution in [1.29, 1.82) is 0 Å². The van der Waals surface area contributed by atoms with Gasteiger partial charge in [0.1, 0.15) is 0 Å². The van der Waals surface area contributed by atoms with Crippen molar-refractivity contribution in [1.82, 2.24) is 10.2 Å². The molecule has 1 aliphatic heterocycles. The van der Waals surface area contributed by atoms with Gasteiger partial charge in [0.15, 0.2) is 0 Å². The van der Waals surface area contributed by atoms with Crippen molar-refractivity contribution in [2.75, 3.05) is 38.2 Å². The van der Waals surface area contributed by atoms with Crippen molar-refractivity contribution in [2.45, 2.75) is 25.3 Å². The second-order valence-corrected chi connectivity index (χ2v) is 6.59. The predicted molar refractivity (Wildman–Crippen MR) is 85.9 cm³/mol. The van der Waals surface area contributed by atoms with E-state index in [1.165, 1.54) is 37.2 Å². The highest BCUT2D eigenvalue weighted by atomic mass is 32.2. The highest BCUT2D eigenvalue weighted by Crippen LogP contribution is 2.24. The Bertz CT molecular complexity index is 368. The zero-order valence-corrected chi connectivity index (χ0v) is 13.0. The molecule has 19 heavy (non-hydrogen) atoms. The van der Waals surface area contributed by atoms with Crippen LogP contribution in [0.1, 0.15) is 25.3 Å². The third-order valence-electron chi connectivity index (χ3n) is 3.94. The Hall–Kier alpha value is -0.510. The first-order valence-electron chi connectivity index (χ1n) is 7.26. The number of nitrogens with zero attached hydrogens (tertiary/aromatic N) is 1. The van der Waals surface area contributed by atoms with Crippen LogP contribution in [0.5, 0.6) is 0 Å². The summed E-state index contributed by atoms with van der Waals surface area (Å²) >= 11 is 1.95. The standard InChI is InChI=1S/C16H26N2S/c1-16(15-8-4-3-5-9-15)14-18(11-6-10-17-16)12-7-13-19-2/h3-5,8-9,17H,6-7,10-14H2,1-2H3. The van der Waals surface area contributed by atoms with Gasteiger partial charge in [-0.15, -0.1) is 0 Å². The lowest BCUT2D eigenvalue weighted by Gasteiger charge is -2.34. The van der Waals surface area contributed by atoms with Crippen LogP contribution in [0, 0.1) is 0 Å². The van der Waals surface area contributed by atoms with Crippen molar-refractivity contribution < 1.29 is 0 Å². The van der Waals surface area contributed by atoms with Crippen LogP contribution in [0.15, 0.2) is 30.3 Å². The van der Waals surface area contributed by atoms with E-state index in [1.54, 1.807) is 0 Å². The number of rotatable bonds is 5. The van der Waals surface area contributed by atoms with Crippen molar-refractivity contribution in [3.05, 3.63) is 35.9 Å². The molecule has 1 atom stereocenters. The van der Waals surface area contributed by atoms with E-state index >= 15 is 0 Å². The summed E-state index contributed by atoms with van der Waals surface area (Å²) in [6, 6.07) is 10.9. The van der Waals surface area contributed by atoms with E-state index in [0.717, 1.165) is 13.1 Å². The molecule has 0 spiro atoms. The van der Waals surface area contributed by atoms with Crippen molar-refractivity contribution in [2.24, 2.45) is 0 Å². The van der Waals surface area contributed by atoms with E-state index in [9.17, 15) is 0 Å². The minimum absolute atomic E-state index is 0.0944. The molecule has 0 radical (unpaired) electrons. The second kappa shape index (κ2) is 7.32. The Morgan fingerprint density at radius 1 is 1.32 bits per heavy atom. The Kier molecular flexibility index (Phi) is 5.74. The lowest BCUT2D eigenvalue weighted by Crippen LogP contribution is -2.46. The predicted octanol–water partition coefficient (Wildman–Crippen LogP) is 2.95. The number of hydrogen-bond acceptors (Lipinski definition) is 3. The first kappa shape index (κ1) is 14.9. The molecule has 0 amide bonds. The fourth-order valence-corrected chi connectivity index (χ4v) is 3.29. The zero-order valence-electron chi connectivity index (χ0n) is 12.2. The zero-order chi connectivity index (χ0) is 13.6. The molecule has 1 aliphatic rings. The average molecular weight is 278 g/mol. The van der Waals surface area contributed by atoms with Crippen LogP contribution in [-0.4, -0.2) is 43.1 Å². The first-order valence-corrected chi connectivity index (χ1v) is 8.66. The minimum atomic E-state index is 0.0944. The Morgan fingerprint density at radius 2 is 2.11 bits per heavy atom. The summed E-state index contributed by atoms with van der Waals surface area (Å²) in [5.74, 6) is 1.27. The molecular weight excluding hydrogens is 252 g/mol. The molecule has 1 fully saturated rings. The van der Waals surface area contributed by atoms with Gasteiger partial charge in [0.05, 0.1) is 5.54 Å². The minimum Gasteiger partial charge on any atom is -0.307 e. The van der Waals surface area contributed by atoms with Crippen LogP contribution in [0.2, 0.25) is 0 Å². The molecule has 3 heteroatoms. The van der Waals surface area contributed by atoms with Crippen molar-refractivity contribution >= 4 is 11.8 Å². The highest BCUT2D eigenvalue weighted by Gasteiger charge is 2.30. The molecule has 0 aliphatic carbocycles. The highest BCUT2D eigenvalue weighted by molar-refractivity contribution is 7.98. The van der Waals surface area contributed by atoms with Crippen molar-refractivity contribution in [3.63, 3.8) is 0 Å². The van der Waals surface area contributed by atoms with E-state index in [-0.39, 0.29) is 5.54 Å². The summed E-state index contributed by atoms with van der Waals surface area (Å²) < 4.78 is 0. The largest absolute Gasteiger partial charge is 0.307 e. The van der Waals surface area contributed by atoms with E-state index in [2.05, 4.69) is 53.7 Å². The van der Waals surface area contributed by atoms with Crippen LogP contribution >= 0.6 is 11.8 Å². The van der Waals surface area contributed by atoms with Gasteiger partial charge in [-0.3, -0.25) is 0 Å². The normalized spacial score (nSPS) is 25.2. The van der Waals surface area contributed by atoms with Crippen LogP contribution in [-0.2, 0) is 5.54 Å². The molecule has 1 aromatic rings. The fourth-order valence-electron chi connectivity index (χ4n) is 2.87. The van der Waals surface area contributed by atoms with Crippen LogP contribution in [0.3, 0.4) is 0 Å². The molecule has 1 unspecified atom stereocenters. The number of nitrogens with one attached hydrogen (secondary N) is 1. The molecule has 0 aromatic heterocycles. The van der Waals surface area contributed by atoms with Crippen molar-refractivity contribution in [3.8, 4) is 0 Å². The smallest absolute Gasteiger partial charge is 0.0534 e. The summed E-state index contributed by atoms with van der Waals surface area (Å²) in [4.78, 5) is 2.63. The summed E-state index contributed by atoms with van der Waals surface area (Å²) in [6.45, 7) is 7.03. The molecule has 2 rings (SSSR count). The molecule has 106 valence electrons. The third-order valence-corrected chi connectivity index (χ3v) is 4.64. The van der Waals surface area contributed by atoms with Gasteiger partial charge in [0, 0.05) is 6.54 Å². The lowest BCUT2D eigenvalue weighted by atomic mass is 9.91. The van der Waals surface area contributed by atoms with E-state index in [1.807, 2.05) is 11.8 Å². The molecule has 1 aromatic carbocycles.